The molecule has 26 heavy (non-hydrogen) atoms. The third-order valence-electron chi connectivity index (χ3n) is 4.01. The minimum absolute atomic E-state index is 0.0465. The third-order valence-corrected chi connectivity index (χ3v) is 5.48. The van der Waals surface area contributed by atoms with Crippen LogP contribution in [0.5, 0.6) is 5.75 Å². The molecule has 0 bridgehead atoms. The number of amides is 1. The molecule has 1 aromatic heterocycles. The lowest BCUT2D eigenvalue weighted by atomic mass is 10.1. The second-order valence-corrected chi connectivity index (χ2v) is 6.94. The highest BCUT2D eigenvalue weighted by Gasteiger charge is 2.34. The average molecular weight is 388 g/mol. The van der Waals surface area contributed by atoms with Gasteiger partial charge < -0.3 is 4.74 Å². The molecule has 0 radical (unpaired) electrons. The van der Waals surface area contributed by atoms with Crippen molar-refractivity contribution in [3.63, 3.8) is 0 Å². The zero-order chi connectivity index (χ0) is 18.7. The van der Waals surface area contributed by atoms with Crippen LogP contribution < -0.4 is 4.74 Å². The summed E-state index contributed by atoms with van der Waals surface area (Å²) < 4.78 is 5.19. The molecule has 1 fully saturated rings. The Bertz CT molecular complexity index is 894. The largest absolute Gasteiger partial charge is 0.497 e. The van der Waals surface area contributed by atoms with Gasteiger partial charge in [-0.3, -0.25) is 14.7 Å². The van der Waals surface area contributed by atoms with E-state index in [-0.39, 0.29) is 5.91 Å². The molecule has 3 rings (SSSR count). The van der Waals surface area contributed by atoms with Crippen molar-refractivity contribution in [1.29, 1.82) is 0 Å². The number of amidine groups is 1. The van der Waals surface area contributed by atoms with Gasteiger partial charge in [0.2, 0.25) is 0 Å². The molecule has 134 valence electrons. The molecule has 5 nitrogen and oxygen atoms in total. The molecule has 1 saturated heterocycles. The van der Waals surface area contributed by atoms with Crippen LogP contribution >= 0.6 is 23.4 Å². The quantitative estimate of drug-likeness (QED) is 0.710. The molecule has 1 aliphatic rings. The first-order chi connectivity index (χ1) is 12.5. The molecule has 1 amide bonds. The van der Waals surface area contributed by atoms with Gasteiger partial charge in [-0.15, -0.1) is 0 Å². The fourth-order valence-corrected chi connectivity index (χ4v) is 3.81. The van der Waals surface area contributed by atoms with Crippen LogP contribution in [-0.4, -0.2) is 34.6 Å². The number of ether oxygens (including phenoxy) is 1. The van der Waals surface area contributed by atoms with E-state index in [1.54, 1.807) is 24.3 Å². The summed E-state index contributed by atoms with van der Waals surface area (Å²) in [6.45, 7) is 4.40. The fraction of sp³-hybridized carbons (Fsp3) is 0.211. The fourth-order valence-electron chi connectivity index (χ4n) is 2.53. The molecule has 2 heterocycles. The van der Waals surface area contributed by atoms with Gasteiger partial charge in [0.25, 0.3) is 5.91 Å². The highest BCUT2D eigenvalue weighted by molar-refractivity contribution is 8.18. The van der Waals surface area contributed by atoms with Gasteiger partial charge in [0.1, 0.15) is 5.75 Å². The van der Waals surface area contributed by atoms with Crippen LogP contribution in [0.25, 0.3) is 5.57 Å². The molecule has 2 aromatic rings. The van der Waals surface area contributed by atoms with Crippen molar-refractivity contribution >= 4 is 45.7 Å². The summed E-state index contributed by atoms with van der Waals surface area (Å²) in [5.41, 5.74) is 2.48. The lowest BCUT2D eigenvalue weighted by molar-refractivity contribution is -0.122. The maximum absolute atomic E-state index is 12.9. The zero-order valence-electron chi connectivity index (χ0n) is 14.7. The van der Waals surface area contributed by atoms with Crippen LogP contribution in [-0.2, 0) is 4.79 Å². The molecule has 0 saturated carbocycles. The van der Waals surface area contributed by atoms with Gasteiger partial charge in [-0.25, -0.2) is 4.99 Å². The average Bonchev–Trinajstić information content (AvgIpc) is 2.98. The van der Waals surface area contributed by atoms with Gasteiger partial charge in [-0.1, -0.05) is 23.7 Å². The Morgan fingerprint density at radius 1 is 1.31 bits per heavy atom. The highest BCUT2D eigenvalue weighted by atomic mass is 35.5. The maximum Gasteiger partial charge on any atom is 0.267 e. The summed E-state index contributed by atoms with van der Waals surface area (Å²) in [4.78, 5) is 23.7. The van der Waals surface area contributed by atoms with Gasteiger partial charge in [-0.05, 0) is 54.9 Å². The number of methoxy groups -OCH3 is 1. The van der Waals surface area contributed by atoms with Crippen molar-refractivity contribution in [3.8, 4) is 5.75 Å². The van der Waals surface area contributed by atoms with E-state index in [1.165, 1.54) is 18.0 Å². The number of carbonyl (C=O) groups is 1. The summed E-state index contributed by atoms with van der Waals surface area (Å²) in [5, 5.41) is 1.07. The normalized spacial score (nSPS) is 17.8. The van der Waals surface area contributed by atoms with Crippen LogP contribution in [0.1, 0.15) is 19.4 Å². The lowest BCUT2D eigenvalue weighted by Gasteiger charge is -2.12. The number of nitrogens with zero attached hydrogens (tertiary/aromatic N) is 3. The molecule has 0 unspecified atom stereocenters. The predicted octanol–water partition coefficient (Wildman–Crippen LogP) is 4.76. The molecular formula is C19H18ClN3O2S. The number of benzene rings is 1. The van der Waals surface area contributed by atoms with E-state index < -0.39 is 0 Å². The molecule has 1 aliphatic heterocycles. The Labute approximate surface area is 161 Å². The molecule has 0 spiro atoms. The van der Waals surface area contributed by atoms with E-state index >= 15 is 0 Å². The van der Waals surface area contributed by atoms with Crippen LogP contribution in [0.4, 0.5) is 5.69 Å². The van der Waals surface area contributed by atoms with Crippen LogP contribution in [0, 0.1) is 0 Å². The Morgan fingerprint density at radius 3 is 2.65 bits per heavy atom. The molecule has 0 aliphatic carbocycles. The lowest BCUT2D eigenvalue weighted by Crippen LogP contribution is -2.28. The van der Waals surface area contributed by atoms with Gasteiger partial charge in [0.15, 0.2) is 5.17 Å². The standard InChI is InChI=1S/C19H18ClN3O2S/c1-4-23-18(24)17(12(2)13-5-7-14(25-3)8-6-13)26-19(23)22-16-9-10-21-11-15(16)20/h5-11H,4H2,1-3H3/b17-12-,22-19?. The summed E-state index contributed by atoms with van der Waals surface area (Å²) >= 11 is 7.51. The minimum atomic E-state index is -0.0465. The number of hydrogen-bond acceptors (Lipinski definition) is 5. The topological polar surface area (TPSA) is 54.8 Å². The number of pyridine rings is 1. The van der Waals surface area contributed by atoms with E-state index in [9.17, 15) is 4.79 Å². The highest BCUT2D eigenvalue weighted by Crippen LogP contribution is 2.38. The molecular weight excluding hydrogens is 370 g/mol. The zero-order valence-corrected chi connectivity index (χ0v) is 16.3. The Hall–Kier alpha value is -2.31. The number of aliphatic imine (C=N–C) groups is 1. The van der Waals surface area contributed by atoms with Crippen molar-refractivity contribution in [2.75, 3.05) is 13.7 Å². The Kier molecular flexibility index (Phi) is 5.64. The summed E-state index contributed by atoms with van der Waals surface area (Å²) in [6, 6.07) is 9.38. The van der Waals surface area contributed by atoms with E-state index in [0.29, 0.717) is 27.3 Å². The first-order valence-electron chi connectivity index (χ1n) is 8.08. The molecule has 0 N–H and O–H groups in total. The number of carbonyl (C=O) groups excluding carboxylic acids is 1. The number of hydrogen-bond donors (Lipinski definition) is 0. The first-order valence-corrected chi connectivity index (χ1v) is 9.27. The van der Waals surface area contributed by atoms with Gasteiger partial charge in [-0.2, -0.15) is 0 Å². The van der Waals surface area contributed by atoms with Gasteiger partial charge >= 0.3 is 0 Å². The predicted molar refractivity (Wildman–Crippen MR) is 107 cm³/mol. The van der Waals surface area contributed by atoms with Crippen LogP contribution in [0.3, 0.4) is 0 Å². The van der Waals surface area contributed by atoms with Crippen molar-refractivity contribution in [2.45, 2.75) is 13.8 Å². The Morgan fingerprint density at radius 2 is 2.04 bits per heavy atom. The number of aromatic nitrogens is 1. The molecule has 7 heteroatoms. The van der Waals surface area contributed by atoms with E-state index in [2.05, 4.69) is 9.98 Å². The van der Waals surface area contributed by atoms with Crippen molar-refractivity contribution in [3.05, 3.63) is 58.2 Å². The van der Waals surface area contributed by atoms with Crippen molar-refractivity contribution < 1.29 is 9.53 Å². The molecule has 1 aromatic carbocycles. The first kappa shape index (κ1) is 18.5. The van der Waals surface area contributed by atoms with Gasteiger partial charge in [0, 0.05) is 18.9 Å². The number of allylic oxidation sites excluding steroid dienone is 1. The van der Waals surface area contributed by atoms with Crippen LogP contribution in [0.15, 0.2) is 52.6 Å². The third kappa shape index (κ3) is 3.61. The summed E-state index contributed by atoms with van der Waals surface area (Å²) in [5.74, 6) is 0.733. The smallest absolute Gasteiger partial charge is 0.267 e. The van der Waals surface area contributed by atoms with E-state index in [0.717, 1.165) is 16.9 Å². The van der Waals surface area contributed by atoms with Crippen molar-refractivity contribution in [1.82, 2.24) is 9.88 Å². The minimum Gasteiger partial charge on any atom is -0.497 e. The van der Waals surface area contributed by atoms with E-state index in [4.69, 9.17) is 16.3 Å². The number of thioether (sulfide) groups is 1. The SMILES string of the molecule is CCN1C(=O)/C(=C(\C)c2ccc(OC)cc2)SC1=Nc1ccncc1Cl. The maximum atomic E-state index is 12.9. The number of likely N-dealkylation sites (N-methyl/N-ethyl adjacent to an activating group) is 1. The molecule has 0 atom stereocenters. The van der Waals surface area contributed by atoms with Crippen LogP contribution in [0.2, 0.25) is 5.02 Å². The Balaban J connectivity index is 1.99. The number of halogens is 1. The van der Waals surface area contributed by atoms with Crippen molar-refractivity contribution in [2.24, 2.45) is 4.99 Å². The van der Waals surface area contributed by atoms with E-state index in [1.807, 2.05) is 38.1 Å². The monoisotopic (exact) mass is 387 g/mol. The number of rotatable bonds is 4. The summed E-state index contributed by atoms with van der Waals surface area (Å²) in [6.07, 6.45) is 3.17. The van der Waals surface area contributed by atoms with Gasteiger partial charge in [0.05, 0.1) is 22.7 Å². The summed E-state index contributed by atoms with van der Waals surface area (Å²) in [7, 11) is 1.63. The second-order valence-electron chi connectivity index (χ2n) is 5.56. The second kappa shape index (κ2) is 7.93.